The average molecular weight is 449 g/mol. The van der Waals surface area contributed by atoms with Crippen LogP contribution in [-0.2, 0) is 6.42 Å². The van der Waals surface area contributed by atoms with Crippen LogP contribution in [0.4, 0.5) is 0 Å². The fourth-order valence-electron chi connectivity index (χ4n) is 4.42. The number of carbonyl (C=O) groups excluding carboxylic acids is 1. The van der Waals surface area contributed by atoms with Gasteiger partial charge in [-0.25, -0.2) is 0 Å². The maximum Gasteiger partial charge on any atom is 0.290 e. The maximum atomic E-state index is 13.7. The summed E-state index contributed by atoms with van der Waals surface area (Å²) in [4.78, 5) is 31.1. The molecule has 2 heterocycles. The summed E-state index contributed by atoms with van der Waals surface area (Å²) in [6, 6.07) is 12.8. The second kappa shape index (κ2) is 9.79. The molecule has 4 rings (SSSR count). The molecule has 0 saturated carbocycles. The molecule has 174 valence electrons. The molecule has 6 nitrogen and oxygen atoms in total. The van der Waals surface area contributed by atoms with Crippen molar-refractivity contribution >= 4 is 16.9 Å². The molecule has 1 unspecified atom stereocenters. The first-order valence-corrected chi connectivity index (χ1v) is 11.7. The normalized spacial score (nSPS) is 15.5. The molecule has 6 heteroatoms. The lowest BCUT2D eigenvalue weighted by atomic mass is 9.97. The van der Waals surface area contributed by atoms with Crippen LogP contribution < -0.4 is 10.2 Å². The second-order valence-electron chi connectivity index (χ2n) is 8.84. The van der Waals surface area contributed by atoms with Crippen LogP contribution in [-0.4, -0.2) is 49.5 Å². The van der Waals surface area contributed by atoms with E-state index in [0.29, 0.717) is 29.7 Å². The number of aryl methyl sites for hydroxylation is 1. The number of carbonyl (C=O) groups is 1. The molecule has 0 radical (unpaired) electrons. The summed E-state index contributed by atoms with van der Waals surface area (Å²) in [6.45, 7) is 6.10. The van der Waals surface area contributed by atoms with Gasteiger partial charge < -0.3 is 19.0 Å². The predicted octanol–water partition coefficient (Wildman–Crippen LogP) is 4.64. The van der Waals surface area contributed by atoms with Gasteiger partial charge in [-0.1, -0.05) is 32.0 Å². The molecule has 0 aliphatic carbocycles. The highest BCUT2D eigenvalue weighted by molar-refractivity contribution is 5.99. The van der Waals surface area contributed by atoms with Crippen LogP contribution in [0.2, 0.25) is 0 Å². The predicted molar refractivity (Wildman–Crippen MR) is 130 cm³/mol. The lowest BCUT2D eigenvalue weighted by Crippen LogP contribution is -2.32. The lowest BCUT2D eigenvalue weighted by molar-refractivity contribution is 0.0722. The number of hydrogen-bond acceptors (Lipinski definition) is 5. The Morgan fingerprint density at radius 3 is 2.64 bits per heavy atom. The van der Waals surface area contributed by atoms with Gasteiger partial charge in [-0.05, 0) is 75.3 Å². The SMILES string of the molecule is CCCOc1cccc(C2c3c(oc4ccc(CC)cc4c3=O)C(=O)N2CCCN(C)C)c1. The maximum absolute atomic E-state index is 13.7. The average Bonchev–Trinajstić information content (AvgIpc) is 3.09. The summed E-state index contributed by atoms with van der Waals surface area (Å²) < 4.78 is 11.9. The van der Waals surface area contributed by atoms with Gasteiger partial charge in [0.15, 0.2) is 5.43 Å². The molecule has 1 aliphatic rings. The van der Waals surface area contributed by atoms with Crippen LogP contribution in [0.15, 0.2) is 51.7 Å². The van der Waals surface area contributed by atoms with E-state index in [1.165, 1.54) is 0 Å². The topological polar surface area (TPSA) is 63.0 Å². The van der Waals surface area contributed by atoms with E-state index in [9.17, 15) is 9.59 Å². The molecule has 1 aliphatic heterocycles. The Kier molecular flexibility index (Phi) is 6.84. The molecule has 1 aromatic heterocycles. The fraction of sp³-hybridized carbons (Fsp3) is 0.407. The first-order chi connectivity index (χ1) is 15.9. The molecular formula is C27H32N2O4. The number of benzene rings is 2. The van der Waals surface area contributed by atoms with E-state index in [0.717, 1.165) is 42.7 Å². The van der Waals surface area contributed by atoms with Gasteiger partial charge >= 0.3 is 0 Å². The minimum absolute atomic E-state index is 0.130. The summed E-state index contributed by atoms with van der Waals surface area (Å²) >= 11 is 0. The number of nitrogens with zero attached hydrogens (tertiary/aromatic N) is 2. The van der Waals surface area contributed by atoms with Crippen molar-refractivity contribution in [3.05, 3.63) is 75.1 Å². The Hall–Kier alpha value is -3.12. The van der Waals surface area contributed by atoms with Crippen LogP contribution in [0, 0.1) is 0 Å². The van der Waals surface area contributed by atoms with E-state index in [2.05, 4.69) is 18.7 Å². The van der Waals surface area contributed by atoms with Gasteiger partial charge in [0, 0.05) is 6.54 Å². The van der Waals surface area contributed by atoms with Gasteiger partial charge in [0.2, 0.25) is 5.76 Å². The number of fused-ring (bicyclic) bond motifs is 2. The molecule has 1 amide bonds. The number of amides is 1. The molecular weight excluding hydrogens is 416 g/mol. The minimum atomic E-state index is -0.495. The Balaban J connectivity index is 1.85. The van der Waals surface area contributed by atoms with Gasteiger partial charge in [-0.2, -0.15) is 0 Å². The van der Waals surface area contributed by atoms with Crippen molar-refractivity contribution < 1.29 is 13.9 Å². The van der Waals surface area contributed by atoms with Crippen LogP contribution in [0.3, 0.4) is 0 Å². The molecule has 33 heavy (non-hydrogen) atoms. The van der Waals surface area contributed by atoms with Gasteiger partial charge in [0.1, 0.15) is 11.3 Å². The van der Waals surface area contributed by atoms with E-state index in [-0.39, 0.29) is 17.1 Å². The zero-order valence-corrected chi connectivity index (χ0v) is 19.9. The third-order valence-electron chi connectivity index (χ3n) is 6.09. The zero-order valence-electron chi connectivity index (χ0n) is 19.9. The quantitative estimate of drug-likeness (QED) is 0.477. The van der Waals surface area contributed by atoms with Gasteiger partial charge in [0.25, 0.3) is 5.91 Å². The van der Waals surface area contributed by atoms with Crippen molar-refractivity contribution in [2.45, 2.75) is 39.2 Å². The van der Waals surface area contributed by atoms with Gasteiger partial charge in [-0.15, -0.1) is 0 Å². The largest absolute Gasteiger partial charge is 0.494 e. The van der Waals surface area contributed by atoms with E-state index in [1.54, 1.807) is 11.0 Å². The molecule has 0 N–H and O–H groups in total. The Labute approximate surface area is 194 Å². The Morgan fingerprint density at radius 1 is 1.09 bits per heavy atom. The van der Waals surface area contributed by atoms with Crippen LogP contribution in [0.25, 0.3) is 11.0 Å². The third kappa shape index (κ3) is 4.53. The number of rotatable bonds is 9. The summed E-state index contributed by atoms with van der Waals surface area (Å²) in [5, 5.41) is 0.527. The molecule has 1 atom stereocenters. The minimum Gasteiger partial charge on any atom is -0.494 e. The highest BCUT2D eigenvalue weighted by atomic mass is 16.5. The van der Waals surface area contributed by atoms with Crippen LogP contribution in [0.5, 0.6) is 5.75 Å². The molecule has 2 aromatic carbocycles. The molecule has 0 bridgehead atoms. The van der Waals surface area contributed by atoms with Crippen molar-refractivity contribution in [1.82, 2.24) is 9.80 Å². The smallest absolute Gasteiger partial charge is 0.290 e. The standard InChI is InChI=1S/C27H32N2O4/c1-5-15-32-20-10-7-9-19(17-20)24-23-25(30)21-16-18(6-2)11-12-22(21)33-26(23)27(31)29(24)14-8-13-28(3)4/h7,9-12,16-17,24H,5-6,8,13-15H2,1-4H3. The molecule has 0 saturated heterocycles. The fourth-order valence-corrected chi connectivity index (χ4v) is 4.42. The van der Waals surface area contributed by atoms with E-state index in [1.807, 2.05) is 50.5 Å². The molecule has 3 aromatic rings. The van der Waals surface area contributed by atoms with Crippen molar-refractivity contribution in [2.24, 2.45) is 0 Å². The van der Waals surface area contributed by atoms with Crippen molar-refractivity contribution in [2.75, 3.05) is 33.8 Å². The summed E-state index contributed by atoms with van der Waals surface area (Å²) in [6.07, 6.45) is 2.52. The number of ether oxygens (including phenoxy) is 1. The first kappa shape index (κ1) is 23.1. The summed E-state index contributed by atoms with van der Waals surface area (Å²) in [5.74, 6) is 0.667. The van der Waals surface area contributed by atoms with Crippen molar-refractivity contribution in [3.8, 4) is 5.75 Å². The van der Waals surface area contributed by atoms with E-state index >= 15 is 0 Å². The summed E-state index contributed by atoms with van der Waals surface area (Å²) in [7, 11) is 4.02. The first-order valence-electron chi connectivity index (χ1n) is 11.7. The monoisotopic (exact) mass is 448 g/mol. The van der Waals surface area contributed by atoms with Crippen molar-refractivity contribution in [1.29, 1.82) is 0 Å². The van der Waals surface area contributed by atoms with Crippen molar-refractivity contribution in [3.63, 3.8) is 0 Å². The third-order valence-corrected chi connectivity index (χ3v) is 6.09. The Morgan fingerprint density at radius 2 is 1.91 bits per heavy atom. The zero-order chi connectivity index (χ0) is 23.5. The van der Waals surface area contributed by atoms with Gasteiger partial charge in [-0.3, -0.25) is 9.59 Å². The highest BCUT2D eigenvalue weighted by Gasteiger charge is 2.42. The van der Waals surface area contributed by atoms with Crippen LogP contribution >= 0.6 is 0 Å². The number of hydrogen-bond donors (Lipinski definition) is 0. The molecule has 0 spiro atoms. The lowest BCUT2D eigenvalue weighted by Gasteiger charge is -2.26. The molecule has 0 fully saturated rings. The van der Waals surface area contributed by atoms with E-state index in [4.69, 9.17) is 9.15 Å². The van der Waals surface area contributed by atoms with Gasteiger partial charge in [0.05, 0.1) is 23.6 Å². The summed E-state index contributed by atoms with van der Waals surface area (Å²) in [5.41, 5.74) is 2.68. The van der Waals surface area contributed by atoms with E-state index < -0.39 is 6.04 Å². The highest BCUT2D eigenvalue weighted by Crippen LogP contribution is 2.39. The Bertz CT molecular complexity index is 1210. The second-order valence-corrected chi connectivity index (χ2v) is 8.84. The van der Waals surface area contributed by atoms with Crippen LogP contribution in [0.1, 0.15) is 60.0 Å².